The summed E-state index contributed by atoms with van der Waals surface area (Å²) >= 11 is 3.49. The van der Waals surface area contributed by atoms with Crippen LogP contribution >= 0.6 is 15.9 Å². The lowest BCUT2D eigenvalue weighted by Gasteiger charge is -2.13. The van der Waals surface area contributed by atoms with Crippen LogP contribution in [0.5, 0.6) is 5.75 Å². The molecular formula is C16H18BrNO. The minimum atomic E-state index is 0.119. The predicted octanol–water partition coefficient (Wildman–Crippen LogP) is 3.92. The van der Waals surface area contributed by atoms with Crippen molar-refractivity contribution in [1.29, 1.82) is 0 Å². The highest BCUT2D eigenvalue weighted by Gasteiger charge is 2.07. The Bertz CT molecular complexity index is 526. The molecule has 0 heterocycles. The smallest absolute Gasteiger partial charge is 0.123 e. The normalized spacial score (nSPS) is 12.2. The van der Waals surface area contributed by atoms with E-state index in [4.69, 9.17) is 10.5 Å². The van der Waals surface area contributed by atoms with E-state index in [1.807, 2.05) is 37.3 Å². The second kappa shape index (κ2) is 6.73. The van der Waals surface area contributed by atoms with E-state index in [9.17, 15) is 0 Å². The maximum atomic E-state index is 5.90. The van der Waals surface area contributed by atoms with E-state index >= 15 is 0 Å². The van der Waals surface area contributed by atoms with Crippen molar-refractivity contribution in [3.63, 3.8) is 0 Å². The van der Waals surface area contributed by atoms with E-state index in [0.29, 0.717) is 6.61 Å². The van der Waals surface area contributed by atoms with Crippen LogP contribution in [0.2, 0.25) is 0 Å². The van der Waals surface area contributed by atoms with Gasteiger partial charge in [0.25, 0.3) is 0 Å². The number of hydrogen-bond acceptors (Lipinski definition) is 2. The molecule has 3 heteroatoms. The Morgan fingerprint density at radius 3 is 2.58 bits per heavy atom. The molecule has 0 fully saturated rings. The van der Waals surface area contributed by atoms with E-state index < -0.39 is 0 Å². The topological polar surface area (TPSA) is 35.2 Å². The second-order valence-corrected chi connectivity index (χ2v) is 5.62. The first kappa shape index (κ1) is 14.1. The third-order valence-corrected chi connectivity index (χ3v) is 3.29. The number of rotatable bonds is 5. The first-order chi connectivity index (χ1) is 9.15. The van der Waals surface area contributed by atoms with Crippen LogP contribution in [0.1, 0.15) is 18.1 Å². The summed E-state index contributed by atoms with van der Waals surface area (Å²) in [7, 11) is 0. The van der Waals surface area contributed by atoms with Crippen LogP contribution in [0, 0.1) is 0 Å². The number of nitrogens with two attached hydrogens (primary N) is 1. The molecule has 0 aliphatic heterocycles. The van der Waals surface area contributed by atoms with Gasteiger partial charge in [0.15, 0.2) is 0 Å². The zero-order valence-electron chi connectivity index (χ0n) is 11.0. The fraction of sp³-hybridized carbons (Fsp3) is 0.250. The molecule has 0 aromatic heterocycles. The third kappa shape index (κ3) is 4.37. The maximum absolute atomic E-state index is 5.90. The van der Waals surface area contributed by atoms with Crippen LogP contribution in [-0.4, -0.2) is 6.04 Å². The molecule has 0 amide bonds. The van der Waals surface area contributed by atoms with Crippen molar-refractivity contribution in [1.82, 2.24) is 0 Å². The summed E-state index contributed by atoms with van der Waals surface area (Å²) in [5.41, 5.74) is 8.18. The Kier molecular flexibility index (Phi) is 5.00. The van der Waals surface area contributed by atoms with Gasteiger partial charge < -0.3 is 10.5 Å². The quantitative estimate of drug-likeness (QED) is 0.906. The fourth-order valence-electron chi connectivity index (χ4n) is 1.93. The lowest BCUT2D eigenvalue weighted by atomic mass is 10.1. The summed E-state index contributed by atoms with van der Waals surface area (Å²) in [6.45, 7) is 2.58. The molecule has 0 saturated heterocycles. The van der Waals surface area contributed by atoms with Crippen molar-refractivity contribution < 1.29 is 4.74 Å². The SMILES string of the molecule is CC(N)Cc1cc(Br)ccc1OCc1ccccc1. The summed E-state index contributed by atoms with van der Waals surface area (Å²) in [6.07, 6.45) is 0.809. The zero-order chi connectivity index (χ0) is 13.7. The third-order valence-electron chi connectivity index (χ3n) is 2.80. The Morgan fingerprint density at radius 1 is 1.16 bits per heavy atom. The van der Waals surface area contributed by atoms with Gasteiger partial charge in [-0.2, -0.15) is 0 Å². The lowest BCUT2D eigenvalue weighted by Crippen LogP contribution is -2.18. The van der Waals surface area contributed by atoms with Gasteiger partial charge in [-0.25, -0.2) is 0 Å². The van der Waals surface area contributed by atoms with Gasteiger partial charge in [-0.05, 0) is 42.7 Å². The Hall–Kier alpha value is -1.32. The van der Waals surface area contributed by atoms with Gasteiger partial charge in [0.2, 0.25) is 0 Å². The van der Waals surface area contributed by atoms with Gasteiger partial charge >= 0.3 is 0 Å². The summed E-state index contributed by atoms with van der Waals surface area (Å²) in [6, 6.07) is 16.3. The van der Waals surface area contributed by atoms with Crippen molar-refractivity contribution in [3.05, 3.63) is 64.1 Å². The summed E-state index contributed by atoms with van der Waals surface area (Å²) in [5, 5.41) is 0. The number of benzene rings is 2. The molecule has 100 valence electrons. The molecule has 19 heavy (non-hydrogen) atoms. The van der Waals surface area contributed by atoms with Crippen molar-refractivity contribution in [2.45, 2.75) is 26.0 Å². The molecular weight excluding hydrogens is 302 g/mol. The Labute approximate surface area is 122 Å². The minimum Gasteiger partial charge on any atom is -0.489 e. The van der Waals surface area contributed by atoms with E-state index in [1.54, 1.807) is 0 Å². The van der Waals surface area contributed by atoms with Gasteiger partial charge in [-0.3, -0.25) is 0 Å². The van der Waals surface area contributed by atoms with Crippen LogP contribution in [0.3, 0.4) is 0 Å². The molecule has 2 N–H and O–H groups in total. The highest BCUT2D eigenvalue weighted by Crippen LogP contribution is 2.25. The van der Waals surface area contributed by atoms with E-state index in [0.717, 1.165) is 27.8 Å². The molecule has 2 aromatic rings. The Balaban J connectivity index is 2.11. The first-order valence-corrected chi connectivity index (χ1v) is 7.15. The first-order valence-electron chi connectivity index (χ1n) is 6.36. The average molecular weight is 320 g/mol. The largest absolute Gasteiger partial charge is 0.489 e. The van der Waals surface area contributed by atoms with Crippen LogP contribution < -0.4 is 10.5 Å². The number of hydrogen-bond donors (Lipinski definition) is 1. The number of ether oxygens (including phenoxy) is 1. The van der Waals surface area contributed by atoms with E-state index in [1.165, 1.54) is 0 Å². The molecule has 0 radical (unpaired) electrons. The highest BCUT2D eigenvalue weighted by atomic mass is 79.9. The molecule has 2 aromatic carbocycles. The number of halogens is 1. The van der Waals surface area contributed by atoms with Gasteiger partial charge in [-0.15, -0.1) is 0 Å². The molecule has 0 bridgehead atoms. The van der Waals surface area contributed by atoms with Crippen LogP contribution in [0.4, 0.5) is 0 Å². The van der Waals surface area contributed by atoms with Crippen molar-refractivity contribution in [2.75, 3.05) is 0 Å². The van der Waals surface area contributed by atoms with Crippen LogP contribution in [0.15, 0.2) is 53.0 Å². The second-order valence-electron chi connectivity index (χ2n) is 4.71. The van der Waals surface area contributed by atoms with E-state index in [-0.39, 0.29) is 6.04 Å². The monoisotopic (exact) mass is 319 g/mol. The minimum absolute atomic E-state index is 0.119. The van der Waals surface area contributed by atoms with Crippen molar-refractivity contribution in [2.24, 2.45) is 5.73 Å². The van der Waals surface area contributed by atoms with Crippen molar-refractivity contribution in [3.8, 4) is 5.75 Å². The van der Waals surface area contributed by atoms with Gasteiger partial charge in [0.05, 0.1) is 0 Å². The van der Waals surface area contributed by atoms with Gasteiger partial charge in [0.1, 0.15) is 12.4 Å². The molecule has 0 saturated carbocycles. The average Bonchev–Trinajstić information content (AvgIpc) is 2.38. The molecule has 0 aliphatic rings. The van der Waals surface area contributed by atoms with E-state index in [2.05, 4.69) is 34.1 Å². The highest BCUT2D eigenvalue weighted by molar-refractivity contribution is 9.10. The molecule has 1 atom stereocenters. The molecule has 2 nitrogen and oxygen atoms in total. The zero-order valence-corrected chi connectivity index (χ0v) is 12.6. The summed E-state index contributed by atoms with van der Waals surface area (Å²) in [4.78, 5) is 0. The molecule has 2 rings (SSSR count). The van der Waals surface area contributed by atoms with Crippen molar-refractivity contribution >= 4 is 15.9 Å². The van der Waals surface area contributed by atoms with Gasteiger partial charge in [-0.1, -0.05) is 46.3 Å². The maximum Gasteiger partial charge on any atom is 0.123 e. The Morgan fingerprint density at radius 2 is 1.89 bits per heavy atom. The van der Waals surface area contributed by atoms with Crippen LogP contribution in [0.25, 0.3) is 0 Å². The van der Waals surface area contributed by atoms with Crippen LogP contribution in [-0.2, 0) is 13.0 Å². The molecule has 0 aliphatic carbocycles. The standard InChI is InChI=1S/C16H18BrNO/c1-12(18)9-14-10-15(17)7-8-16(14)19-11-13-5-3-2-4-6-13/h2-8,10,12H,9,11,18H2,1H3. The van der Waals surface area contributed by atoms with Gasteiger partial charge in [0, 0.05) is 10.5 Å². The summed E-state index contributed by atoms with van der Waals surface area (Å²) in [5.74, 6) is 0.907. The fourth-order valence-corrected chi connectivity index (χ4v) is 2.34. The lowest BCUT2D eigenvalue weighted by molar-refractivity contribution is 0.302. The predicted molar refractivity (Wildman–Crippen MR) is 82.3 cm³/mol. The molecule has 1 unspecified atom stereocenters. The summed E-state index contributed by atoms with van der Waals surface area (Å²) < 4.78 is 6.95. The molecule has 0 spiro atoms.